The van der Waals surface area contributed by atoms with Crippen LogP contribution in [0.25, 0.3) is 0 Å². The second-order valence-corrected chi connectivity index (χ2v) is 4.68. The van der Waals surface area contributed by atoms with Crippen LogP contribution in [0, 0.1) is 0 Å². The molecule has 0 unspecified atom stereocenters. The molecule has 19 heavy (non-hydrogen) atoms. The Balaban J connectivity index is 1.94. The normalized spacial score (nSPS) is 14.2. The SMILES string of the molecule is CNCCCNCc1ccc2c(c1)N(C)C(=O)CO2. The predicted octanol–water partition coefficient (Wildman–Crippen LogP) is 0.741. The van der Waals surface area contributed by atoms with Crippen LogP contribution in [-0.4, -0.2) is 39.7 Å². The summed E-state index contributed by atoms with van der Waals surface area (Å²) in [5.41, 5.74) is 2.01. The number of benzene rings is 1. The maximum Gasteiger partial charge on any atom is 0.264 e. The molecule has 0 saturated heterocycles. The molecule has 1 amide bonds. The van der Waals surface area contributed by atoms with Gasteiger partial charge in [0.05, 0.1) is 5.69 Å². The summed E-state index contributed by atoms with van der Waals surface area (Å²) in [5, 5.41) is 6.50. The zero-order valence-corrected chi connectivity index (χ0v) is 11.5. The average Bonchev–Trinajstić information content (AvgIpc) is 2.43. The van der Waals surface area contributed by atoms with Gasteiger partial charge in [-0.05, 0) is 44.3 Å². The van der Waals surface area contributed by atoms with E-state index in [0.717, 1.165) is 43.1 Å². The van der Waals surface area contributed by atoms with Crippen LogP contribution in [0.1, 0.15) is 12.0 Å². The lowest BCUT2D eigenvalue weighted by atomic mass is 10.1. The van der Waals surface area contributed by atoms with E-state index in [-0.39, 0.29) is 12.5 Å². The van der Waals surface area contributed by atoms with Gasteiger partial charge in [0.2, 0.25) is 0 Å². The third-order valence-corrected chi connectivity index (χ3v) is 3.22. The van der Waals surface area contributed by atoms with Crippen LogP contribution in [0.4, 0.5) is 5.69 Å². The van der Waals surface area contributed by atoms with Gasteiger partial charge in [-0.15, -0.1) is 0 Å². The van der Waals surface area contributed by atoms with Crippen LogP contribution in [0.5, 0.6) is 5.75 Å². The largest absolute Gasteiger partial charge is 0.482 e. The molecule has 0 aromatic heterocycles. The Hall–Kier alpha value is -1.59. The van der Waals surface area contributed by atoms with Gasteiger partial charge in [-0.3, -0.25) is 4.79 Å². The fourth-order valence-electron chi connectivity index (χ4n) is 2.05. The van der Waals surface area contributed by atoms with Crippen LogP contribution >= 0.6 is 0 Å². The number of amides is 1. The zero-order chi connectivity index (χ0) is 13.7. The van der Waals surface area contributed by atoms with Crippen LogP contribution in [-0.2, 0) is 11.3 Å². The lowest BCUT2D eigenvalue weighted by Crippen LogP contribution is -2.35. The Bertz CT molecular complexity index is 448. The molecule has 0 spiro atoms. The molecule has 0 aliphatic carbocycles. The summed E-state index contributed by atoms with van der Waals surface area (Å²) < 4.78 is 5.40. The van der Waals surface area contributed by atoms with E-state index in [1.165, 1.54) is 0 Å². The fourth-order valence-corrected chi connectivity index (χ4v) is 2.05. The van der Waals surface area contributed by atoms with E-state index in [0.29, 0.717) is 0 Å². The van der Waals surface area contributed by atoms with Crippen molar-refractivity contribution in [3.8, 4) is 5.75 Å². The molecule has 0 atom stereocenters. The van der Waals surface area contributed by atoms with Crippen molar-refractivity contribution in [3.63, 3.8) is 0 Å². The summed E-state index contributed by atoms with van der Waals surface area (Å²) in [5.74, 6) is 0.771. The third-order valence-electron chi connectivity index (χ3n) is 3.22. The predicted molar refractivity (Wildman–Crippen MR) is 75.6 cm³/mol. The highest BCUT2D eigenvalue weighted by Gasteiger charge is 2.21. The van der Waals surface area contributed by atoms with Gasteiger partial charge < -0.3 is 20.3 Å². The molecule has 0 fully saturated rings. The van der Waals surface area contributed by atoms with Crippen molar-refractivity contribution in [3.05, 3.63) is 23.8 Å². The van der Waals surface area contributed by atoms with Gasteiger partial charge in [0.25, 0.3) is 5.91 Å². The molecule has 1 aromatic rings. The zero-order valence-electron chi connectivity index (χ0n) is 11.5. The molecule has 2 N–H and O–H groups in total. The van der Waals surface area contributed by atoms with E-state index < -0.39 is 0 Å². The minimum atomic E-state index is -0.00775. The number of hydrogen-bond acceptors (Lipinski definition) is 4. The second kappa shape index (κ2) is 6.54. The highest BCUT2D eigenvalue weighted by molar-refractivity contribution is 5.97. The lowest BCUT2D eigenvalue weighted by molar-refractivity contribution is -0.120. The molecule has 1 aliphatic rings. The van der Waals surface area contributed by atoms with Crippen LogP contribution < -0.4 is 20.3 Å². The first-order chi connectivity index (χ1) is 9.22. The third kappa shape index (κ3) is 3.45. The molecule has 1 aliphatic heterocycles. The summed E-state index contributed by atoms with van der Waals surface area (Å²) in [6, 6.07) is 5.98. The highest BCUT2D eigenvalue weighted by Crippen LogP contribution is 2.31. The molecular formula is C14H21N3O2. The van der Waals surface area contributed by atoms with Gasteiger partial charge >= 0.3 is 0 Å². The molecule has 104 valence electrons. The van der Waals surface area contributed by atoms with Crippen LogP contribution in [0.3, 0.4) is 0 Å². The number of rotatable bonds is 6. The first kappa shape index (κ1) is 13.8. The minimum absolute atomic E-state index is 0.00775. The number of hydrogen-bond donors (Lipinski definition) is 2. The van der Waals surface area contributed by atoms with E-state index >= 15 is 0 Å². The number of carbonyl (C=O) groups excluding carboxylic acids is 1. The number of nitrogens with zero attached hydrogens (tertiary/aromatic N) is 1. The van der Waals surface area contributed by atoms with Crippen LogP contribution in [0.2, 0.25) is 0 Å². The van der Waals surface area contributed by atoms with Gasteiger partial charge in [0.15, 0.2) is 6.61 Å². The first-order valence-electron chi connectivity index (χ1n) is 6.60. The topological polar surface area (TPSA) is 53.6 Å². The number of anilines is 1. The van der Waals surface area contributed by atoms with Gasteiger partial charge in [0, 0.05) is 13.6 Å². The van der Waals surface area contributed by atoms with E-state index in [2.05, 4.69) is 10.6 Å². The molecule has 2 rings (SSSR count). The van der Waals surface area contributed by atoms with E-state index in [4.69, 9.17) is 4.74 Å². The summed E-state index contributed by atoms with van der Waals surface area (Å²) in [6.07, 6.45) is 1.10. The molecule has 5 heteroatoms. The number of ether oxygens (including phenoxy) is 1. The molecular weight excluding hydrogens is 242 g/mol. The van der Waals surface area contributed by atoms with Crippen molar-refractivity contribution < 1.29 is 9.53 Å². The summed E-state index contributed by atoms with van der Waals surface area (Å²) in [6.45, 7) is 2.93. The number of likely N-dealkylation sites (N-methyl/N-ethyl adjacent to an activating group) is 1. The molecule has 5 nitrogen and oxygen atoms in total. The van der Waals surface area contributed by atoms with Crippen LogP contribution in [0.15, 0.2) is 18.2 Å². The number of carbonyl (C=O) groups is 1. The monoisotopic (exact) mass is 263 g/mol. The second-order valence-electron chi connectivity index (χ2n) is 4.68. The quantitative estimate of drug-likeness (QED) is 0.743. The summed E-state index contributed by atoms with van der Waals surface area (Å²) >= 11 is 0. The van der Waals surface area contributed by atoms with Crippen molar-refractivity contribution in [1.29, 1.82) is 0 Å². The van der Waals surface area contributed by atoms with Crippen molar-refractivity contribution in [2.75, 3.05) is 38.7 Å². The van der Waals surface area contributed by atoms with E-state index in [1.807, 2.05) is 25.2 Å². The Morgan fingerprint density at radius 1 is 1.37 bits per heavy atom. The summed E-state index contributed by atoms with van der Waals surface area (Å²) in [4.78, 5) is 13.2. The molecule has 1 aromatic carbocycles. The standard InChI is InChI=1S/C14H21N3O2/c1-15-6-3-7-16-9-11-4-5-13-12(8-11)17(2)14(18)10-19-13/h4-5,8,15-16H,3,6-7,9-10H2,1-2H3. The Morgan fingerprint density at radius 3 is 3.00 bits per heavy atom. The smallest absolute Gasteiger partial charge is 0.264 e. The van der Waals surface area contributed by atoms with E-state index in [9.17, 15) is 4.79 Å². The van der Waals surface area contributed by atoms with Crippen molar-refractivity contribution in [1.82, 2.24) is 10.6 Å². The molecule has 0 radical (unpaired) electrons. The van der Waals surface area contributed by atoms with Crippen molar-refractivity contribution in [2.45, 2.75) is 13.0 Å². The number of fused-ring (bicyclic) bond motifs is 1. The van der Waals surface area contributed by atoms with E-state index in [1.54, 1.807) is 11.9 Å². The maximum atomic E-state index is 11.6. The minimum Gasteiger partial charge on any atom is -0.482 e. The average molecular weight is 263 g/mol. The highest BCUT2D eigenvalue weighted by atomic mass is 16.5. The maximum absolute atomic E-state index is 11.6. The fraction of sp³-hybridized carbons (Fsp3) is 0.500. The van der Waals surface area contributed by atoms with Gasteiger partial charge in [0.1, 0.15) is 5.75 Å². The molecule has 0 bridgehead atoms. The summed E-state index contributed by atoms with van der Waals surface area (Å²) in [7, 11) is 3.74. The Kier molecular flexibility index (Phi) is 4.76. The van der Waals surface area contributed by atoms with Gasteiger partial charge in [-0.25, -0.2) is 0 Å². The van der Waals surface area contributed by atoms with Gasteiger partial charge in [-0.2, -0.15) is 0 Å². The lowest BCUT2D eigenvalue weighted by Gasteiger charge is -2.26. The molecule has 1 heterocycles. The first-order valence-corrected chi connectivity index (χ1v) is 6.60. The van der Waals surface area contributed by atoms with Gasteiger partial charge in [-0.1, -0.05) is 6.07 Å². The van der Waals surface area contributed by atoms with Crippen molar-refractivity contribution >= 4 is 11.6 Å². The Labute approximate surface area is 113 Å². The molecule has 0 saturated carbocycles. The number of nitrogens with one attached hydrogen (secondary N) is 2. The van der Waals surface area contributed by atoms with Crippen molar-refractivity contribution in [2.24, 2.45) is 0 Å². The Morgan fingerprint density at radius 2 is 2.21 bits per heavy atom.